The van der Waals surface area contributed by atoms with Crippen molar-refractivity contribution in [2.24, 2.45) is 5.92 Å². The topological polar surface area (TPSA) is 30.5 Å². The summed E-state index contributed by atoms with van der Waals surface area (Å²) in [4.78, 5) is 0. The molecule has 4 rings (SSSR count). The molecule has 3 atom stereocenters. The van der Waals surface area contributed by atoms with Crippen molar-refractivity contribution >= 4 is 5.69 Å². The first-order chi connectivity index (χ1) is 11.8. The van der Waals surface area contributed by atoms with Crippen LogP contribution >= 0.6 is 0 Å². The minimum Gasteiger partial charge on any atom is -0.496 e. The molecule has 126 valence electrons. The lowest BCUT2D eigenvalue weighted by molar-refractivity contribution is -0.0383. The summed E-state index contributed by atoms with van der Waals surface area (Å²) in [5.74, 6) is 1.39. The summed E-state index contributed by atoms with van der Waals surface area (Å²) >= 11 is 0. The second kappa shape index (κ2) is 6.48. The van der Waals surface area contributed by atoms with Gasteiger partial charge in [0.05, 0.1) is 19.3 Å². The van der Waals surface area contributed by atoms with Crippen molar-refractivity contribution in [3.63, 3.8) is 0 Å². The summed E-state index contributed by atoms with van der Waals surface area (Å²) < 4.78 is 11.9. The zero-order valence-electron chi connectivity index (χ0n) is 14.4. The number of para-hydroxylation sites is 1. The van der Waals surface area contributed by atoms with Gasteiger partial charge in [0.25, 0.3) is 0 Å². The second-order valence-electron chi connectivity index (χ2n) is 6.74. The van der Waals surface area contributed by atoms with E-state index >= 15 is 0 Å². The Labute approximate surface area is 144 Å². The van der Waals surface area contributed by atoms with Gasteiger partial charge >= 0.3 is 0 Å². The zero-order chi connectivity index (χ0) is 16.5. The van der Waals surface area contributed by atoms with E-state index in [4.69, 9.17) is 9.47 Å². The first-order valence-corrected chi connectivity index (χ1v) is 8.95. The first kappa shape index (κ1) is 15.5. The summed E-state index contributed by atoms with van der Waals surface area (Å²) in [6.07, 6.45) is 3.53. The van der Waals surface area contributed by atoms with Crippen LogP contribution in [0.25, 0.3) is 0 Å². The number of ether oxygens (including phenoxy) is 2. The number of hydrogen-bond donors (Lipinski definition) is 1. The normalized spacial score (nSPS) is 25.3. The molecule has 0 spiro atoms. The molecule has 0 bridgehead atoms. The van der Waals surface area contributed by atoms with Crippen LogP contribution in [0.2, 0.25) is 0 Å². The summed E-state index contributed by atoms with van der Waals surface area (Å²) in [6.45, 7) is 3.06. The van der Waals surface area contributed by atoms with E-state index in [0.29, 0.717) is 5.92 Å². The maximum atomic E-state index is 6.25. The molecule has 0 radical (unpaired) electrons. The van der Waals surface area contributed by atoms with Gasteiger partial charge in [0.1, 0.15) is 5.75 Å². The van der Waals surface area contributed by atoms with Gasteiger partial charge in [0.15, 0.2) is 0 Å². The number of aryl methyl sites for hydroxylation is 1. The fraction of sp³-hybridized carbons (Fsp3) is 0.429. The molecular weight excluding hydrogens is 298 g/mol. The average molecular weight is 323 g/mol. The van der Waals surface area contributed by atoms with E-state index in [1.807, 2.05) is 12.1 Å². The Hall–Kier alpha value is -2.00. The van der Waals surface area contributed by atoms with Gasteiger partial charge in [-0.1, -0.05) is 37.3 Å². The lowest BCUT2D eigenvalue weighted by Crippen LogP contribution is -2.36. The highest BCUT2D eigenvalue weighted by Crippen LogP contribution is 2.50. The van der Waals surface area contributed by atoms with Gasteiger partial charge in [-0.3, -0.25) is 0 Å². The minimum absolute atomic E-state index is 0.177. The molecule has 24 heavy (non-hydrogen) atoms. The van der Waals surface area contributed by atoms with E-state index in [2.05, 4.69) is 42.6 Å². The molecule has 1 fully saturated rings. The highest BCUT2D eigenvalue weighted by molar-refractivity contribution is 5.59. The predicted molar refractivity (Wildman–Crippen MR) is 96.6 cm³/mol. The molecule has 1 saturated heterocycles. The molecule has 0 aliphatic carbocycles. The van der Waals surface area contributed by atoms with Crippen molar-refractivity contribution in [3.05, 3.63) is 59.2 Å². The average Bonchev–Trinajstić information content (AvgIpc) is 2.67. The minimum atomic E-state index is 0.177. The fourth-order valence-electron chi connectivity index (χ4n) is 4.17. The molecule has 3 nitrogen and oxygen atoms in total. The Morgan fingerprint density at radius 2 is 2.04 bits per heavy atom. The van der Waals surface area contributed by atoms with Gasteiger partial charge in [-0.2, -0.15) is 0 Å². The SMILES string of the molecule is CCc1ccc2c(c1)[C@@H]1OCCC[C@@H]1[C@@H](c1ccccc1OC)N2. The third kappa shape index (κ3) is 2.57. The molecule has 1 N–H and O–H groups in total. The molecule has 2 aromatic carbocycles. The van der Waals surface area contributed by atoms with Crippen molar-refractivity contribution in [2.45, 2.75) is 38.3 Å². The van der Waals surface area contributed by atoms with Crippen LogP contribution < -0.4 is 10.1 Å². The number of rotatable bonds is 3. The van der Waals surface area contributed by atoms with Gasteiger partial charge in [-0.05, 0) is 37.0 Å². The van der Waals surface area contributed by atoms with Crippen LogP contribution in [-0.4, -0.2) is 13.7 Å². The van der Waals surface area contributed by atoms with Gasteiger partial charge in [0.2, 0.25) is 0 Å². The van der Waals surface area contributed by atoms with Crippen LogP contribution in [-0.2, 0) is 11.2 Å². The molecule has 0 saturated carbocycles. The lowest BCUT2D eigenvalue weighted by Gasteiger charge is -2.43. The standard InChI is InChI=1S/C21H25NO2/c1-3-14-10-11-18-17(13-14)21-16(8-6-12-24-21)20(22-18)15-7-4-5-9-19(15)23-2/h4-5,7,9-11,13,16,20-22H,3,6,8,12H2,1-2H3/t16-,20-,21-/m1/s1. The molecular formula is C21H25NO2. The fourth-order valence-corrected chi connectivity index (χ4v) is 4.17. The Morgan fingerprint density at radius 1 is 1.17 bits per heavy atom. The Bertz CT molecular complexity index is 728. The van der Waals surface area contributed by atoms with Crippen molar-refractivity contribution in [2.75, 3.05) is 19.0 Å². The Balaban J connectivity index is 1.79. The lowest BCUT2D eigenvalue weighted by atomic mass is 9.77. The maximum Gasteiger partial charge on any atom is 0.124 e. The monoisotopic (exact) mass is 323 g/mol. The van der Waals surface area contributed by atoms with Crippen LogP contribution in [0.4, 0.5) is 5.69 Å². The largest absolute Gasteiger partial charge is 0.496 e. The molecule has 0 unspecified atom stereocenters. The quantitative estimate of drug-likeness (QED) is 0.872. The van der Waals surface area contributed by atoms with Crippen molar-refractivity contribution in [1.29, 1.82) is 0 Å². The van der Waals surface area contributed by atoms with Crippen LogP contribution in [0, 0.1) is 5.92 Å². The van der Waals surface area contributed by atoms with E-state index in [9.17, 15) is 0 Å². The third-order valence-corrected chi connectivity index (χ3v) is 5.41. The summed E-state index contributed by atoms with van der Waals surface area (Å²) in [5.41, 5.74) is 5.13. The van der Waals surface area contributed by atoms with E-state index < -0.39 is 0 Å². The van der Waals surface area contributed by atoms with E-state index in [-0.39, 0.29) is 12.1 Å². The highest BCUT2D eigenvalue weighted by Gasteiger charge is 2.40. The summed E-state index contributed by atoms with van der Waals surface area (Å²) in [7, 11) is 1.75. The molecule has 2 aliphatic heterocycles. The van der Waals surface area contributed by atoms with Crippen molar-refractivity contribution < 1.29 is 9.47 Å². The number of benzene rings is 2. The third-order valence-electron chi connectivity index (χ3n) is 5.41. The highest BCUT2D eigenvalue weighted by atomic mass is 16.5. The van der Waals surface area contributed by atoms with Gasteiger partial charge in [-0.15, -0.1) is 0 Å². The molecule has 2 heterocycles. The van der Waals surface area contributed by atoms with Gasteiger partial charge < -0.3 is 14.8 Å². The molecule has 3 heteroatoms. The van der Waals surface area contributed by atoms with E-state index in [1.165, 1.54) is 28.8 Å². The zero-order valence-corrected chi connectivity index (χ0v) is 14.4. The number of nitrogens with one attached hydrogen (secondary N) is 1. The van der Waals surface area contributed by atoms with Gasteiger partial charge in [0, 0.05) is 29.3 Å². The van der Waals surface area contributed by atoms with Crippen LogP contribution in [0.15, 0.2) is 42.5 Å². The van der Waals surface area contributed by atoms with Gasteiger partial charge in [-0.25, -0.2) is 0 Å². The Kier molecular flexibility index (Phi) is 4.19. The van der Waals surface area contributed by atoms with Crippen LogP contribution in [0.5, 0.6) is 5.75 Å². The molecule has 2 aromatic rings. The van der Waals surface area contributed by atoms with E-state index in [0.717, 1.165) is 25.2 Å². The smallest absolute Gasteiger partial charge is 0.124 e. The van der Waals surface area contributed by atoms with Crippen LogP contribution in [0.1, 0.15) is 48.6 Å². The molecule has 2 aliphatic rings. The second-order valence-corrected chi connectivity index (χ2v) is 6.74. The number of anilines is 1. The first-order valence-electron chi connectivity index (χ1n) is 8.95. The molecule has 0 aromatic heterocycles. The summed E-state index contributed by atoms with van der Waals surface area (Å²) in [6, 6.07) is 15.3. The van der Waals surface area contributed by atoms with Crippen molar-refractivity contribution in [3.8, 4) is 5.75 Å². The van der Waals surface area contributed by atoms with E-state index in [1.54, 1.807) is 7.11 Å². The number of fused-ring (bicyclic) bond motifs is 3. The number of methoxy groups -OCH3 is 1. The maximum absolute atomic E-state index is 6.25. The van der Waals surface area contributed by atoms with Crippen LogP contribution in [0.3, 0.4) is 0 Å². The molecule has 0 amide bonds. The number of hydrogen-bond acceptors (Lipinski definition) is 3. The Morgan fingerprint density at radius 3 is 2.88 bits per heavy atom. The van der Waals surface area contributed by atoms with Crippen molar-refractivity contribution in [1.82, 2.24) is 0 Å². The summed E-state index contributed by atoms with van der Waals surface area (Å²) in [5, 5.41) is 3.78. The predicted octanol–water partition coefficient (Wildman–Crippen LogP) is 4.89.